The normalized spacial score (nSPS) is 11.0. The monoisotopic (exact) mass is 620 g/mol. The van der Waals surface area contributed by atoms with Crippen molar-refractivity contribution in [1.82, 2.24) is 0 Å². The summed E-state index contributed by atoms with van der Waals surface area (Å²) in [5.41, 5.74) is 1.69. The predicted octanol–water partition coefficient (Wildman–Crippen LogP) is 7.18. The van der Waals surface area contributed by atoms with E-state index in [4.69, 9.17) is 28.7 Å². The number of hydrogen-bond acceptors (Lipinski definition) is 10. The maximum Gasteiger partial charge on any atom is 0.256 e. The van der Waals surface area contributed by atoms with Crippen LogP contribution in [0.5, 0.6) is 34.5 Å². The average molecular weight is 621 g/mol. The number of rotatable bonds is 12. The van der Waals surface area contributed by atoms with Crippen LogP contribution in [0.15, 0.2) is 124 Å². The summed E-state index contributed by atoms with van der Waals surface area (Å²) in [6.45, 7) is 0.0354. The molecule has 0 radical (unpaired) electrons. The molecule has 0 saturated heterocycles. The smallest absolute Gasteiger partial charge is 0.256 e. The number of benzene rings is 5. The Morgan fingerprint density at radius 1 is 0.543 bits per heavy atom. The van der Waals surface area contributed by atoms with Crippen molar-refractivity contribution < 1.29 is 44.0 Å². The van der Waals surface area contributed by atoms with E-state index in [9.17, 15) is 20.1 Å². The van der Waals surface area contributed by atoms with Crippen LogP contribution in [0.25, 0.3) is 22.3 Å². The van der Waals surface area contributed by atoms with E-state index in [-0.39, 0.29) is 65.1 Å². The molecule has 0 aliphatic carbocycles. The number of phenols is 3. The molecule has 6 aromatic rings. The molecule has 1 aromatic heterocycles. The molecule has 0 atom stereocenters. The molecule has 0 spiro atoms. The number of fused-ring (bicyclic) bond motifs is 1. The Hall–Kier alpha value is -5.97. The van der Waals surface area contributed by atoms with Gasteiger partial charge in [0.1, 0.15) is 30.8 Å². The lowest BCUT2D eigenvalue weighted by Gasteiger charge is -2.17. The maximum absolute atomic E-state index is 14.3. The van der Waals surface area contributed by atoms with E-state index in [0.717, 1.165) is 16.7 Å². The molecule has 0 saturated carbocycles. The highest BCUT2D eigenvalue weighted by Gasteiger charge is 2.28. The van der Waals surface area contributed by atoms with Gasteiger partial charge >= 0.3 is 0 Å². The standard InChI is InChI=1S/C36H28O10/c37-27-17-16-26(18-28(27)38)33-36(46-43-22-25-14-8-3-9-15-25)32(40)31-30(44-33)19-29(39)34(41-20-23-10-4-1-5-11-23)35(31)45-42-21-24-12-6-2-7-13-24/h1-19,37-39H,20-22H2. The number of hydrogen-bond donors (Lipinski definition) is 3. The highest BCUT2D eigenvalue weighted by molar-refractivity contribution is 5.91. The molecule has 232 valence electrons. The minimum atomic E-state index is -0.750. The highest BCUT2D eigenvalue weighted by Crippen LogP contribution is 2.45. The molecule has 6 rings (SSSR count). The minimum Gasteiger partial charge on any atom is -0.504 e. The second-order valence-electron chi connectivity index (χ2n) is 10.2. The summed E-state index contributed by atoms with van der Waals surface area (Å²) in [5, 5.41) is 31.0. The van der Waals surface area contributed by atoms with E-state index < -0.39 is 16.9 Å². The van der Waals surface area contributed by atoms with Crippen LogP contribution in [0, 0.1) is 0 Å². The second-order valence-corrected chi connectivity index (χ2v) is 10.2. The molecule has 3 N–H and O–H groups in total. The third kappa shape index (κ3) is 6.73. The molecule has 1 heterocycles. The average Bonchev–Trinajstić information content (AvgIpc) is 3.08. The first-order chi connectivity index (χ1) is 22.5. The van der Waals surface area contributed by atoms with E-state index in [1.165, 1.54) is 24.3 Å². The van der Waals surface area contributed by atoms with Crippen LogP contribution in [0.1, 0.15) is 16.7 Å². The lowest BCUT2D eigenvalue weighted by atomic mass is 10.1. The Bertz CT molecular complexity index is 1990. The summed E-state index contributed by atoms with van der Waals surface area (Å²) in [6, 6.07) is 32.6. The van der Waals surface area contributed by atoms with Crippen molar-refractivity contribution in [2.45, 2.75) is 19.8 Å². The highest BCUT2D eigenvalue weighted by atomic mass is 17.2. The largest absolute Gasteiger partial charge is 0.504 e. The lowest BCUT2D eigenvalue weighted by molar-refractivity contribution is -0.219. The number of aromatic hydroxyl groups is 3. The van der Waals surface area contributed by atoms with Gasteiger partial charge in [-0.1, -0.05) is 91.0 Å². The van der Waals surface area contributed by atoms with E-state index in [0.29, 0.717) is 0 Å². The molecule has 0 fully saturated rings. The lowest BCUT2D eigenvalue weighted by Crippen LogP contribution is -2.13. The SMILES string of the molecule is O=c1c(OOCc2ccccc2)c(-c2ccc(O)c(O)c2)oc2cc(O)c(OCc3ccccc3)c(OOCc3ccccc3)c12. The van der Waals surface area contributed by atoms with Crippen molar-refractivity contribution >= 4 is 11.0 Å². The molecule has 0 aliphatic heterocycles. The first-order valence-electron chi connectivity index (χ1n) is 14.2. The fourth-order valence-electron chi connectivity index (χ4n) is 4.61. The Balaban J connectivity index is 1.46. The number of ether oxygens (including phenoxy) is 1. The Labute approximate surface area is 262 Å². The van der Waals surface area contributed by atoms with Gasteiger partial charge in [0, 0.05) is 11.6 Å². The van der Waals surface area contributed by atoms with Gasteiger partial charge in [0.2, 0.25) is 16.9 Å². The first kappa shape index (κ1) is 30.1. The van der Waals surface area contributed by atoms with Crippen LogP contribution < -0.4 is 19.9 Å². The first-order valence-corrected chi connectivity index (χ1v) is 14.2. The second kappa shape index (κ2) is 13.8. The fraction of sp³-hybridized carbons (Fsp3) is 0.0833. The Morgan fingerprint density at radius 3 is 1.65 bits per heavy atom. The summed E-state index contributed by atoms with van der Waals surface area (Å²) in [6.07, 6.45) is 0. The van der Waals surface area contributed by atoms with Crippen molar-refractivity contribution in [3.8, 4) is 45.8 Å². The van der Waals surface area contributed by atoms with E-state index in [2.05, 4.69) is 0 Å². The topological polar surface area (TPSA) is 137 Å². The summed E-state index contributed by atoms with van der Waals surface area (Å²) < 4.78 is 12.1. The zero-order chi connectivity index (χ0) is 31.9. The van der Waals surface area contributed by atoms with Crippen molar-refractivity contribution in [1.29, 1.82) is 0 Å². The maximum atomic E-state index is 14.3. The summed E-state index contributed by atoms with van der Waals surface area (Å²) in [4.78, 5) is 36.5. The fourth-order valence-corrected chi connectivity index (χ4v) is 4.61. The van der Waals surface area contributed by atoms with Gasteiger partial charge in [-0.05, 0) is 34.9 Å². The summed E-state index contributed by atoms with van der Waals surface area (Å²) >= 11 is 0. The van der Waals surface area contributed by atoms with Crippen LogP contribution in [-0.4, -0.2) is 15.3 Å². The quantitative estimate of drug-likeness (QED) is 0.0733. The molecule has 0 unspecified atom stereocenters. The molecular weight excluding hydrogens is 592 g/mol. The molecule has 0 aliphatic rings. The van der Waals surface area contributed by atoms with Gasteiger partial charge in [0.25, 0.3) is 5.75 Å². The van der Waals surface area contributed by atoms with Crippen molar-refractivity contribution in [3.05, 3.63) is 142 Å². The molecule has 5 aromatic carbocycles. The van der Waals surface area contributed by atoms with E-state index >= 15 is 0 Å². The third-order valence-electron chi connectivity index (χ3n) is 6.92. The van der Waals surface area contributed by atoms with Crippen LogP contribution in [0.2, 0.25) is 0 Å². The van der Waals surface area contributed by atoms with Gasteiger partial charge in [0.15, 0.2) is 23.0 Å². The van der Waals surface area contributed by atoms with Crippen LogP contribution in [0.4, 0.5) is 0 Å². The zero-order valence-corrected chi connectivity index (χ0v) is 24.3. The van der Waals surface area contributed by atoms with Crippen LogP contribution >= 0.6 is 0 Å². The van der Waals surface area contributed by atoms with E-state index in [1.807, 2.05) is 91.0 Å². The summed E-state index contributed by atoms with van der Waals surface area (Å²) in [7, 11) is 0. The number of phenolic OH excluding ortho intramolecular Hbond substituents is 3. The molecular formula is C36H28O10. The molecule has 46 heavy (non-hydrogen) atoms. The van der Waals surface area contributed by atoms with E-state index in [1.54, 1.807) is 0 Å². The third-order valence-corrected chi connectivity index (χ3v) is 6.92. The van der Waals surface area contributed by atoms with Gasteiger partial charge in [0.05, 0.1) is 0 Å². The zero-order valence-electron chi connectivity index (χ0n) is 24.3. The van der Waals surface area contributed by atoms with Gasteiger partial charge in [-0.3, -0.25) is 4.79 Å². The molecule has 10 nitrogen and oxygen atoms in total. The van der Waals surface area contributed by atoms with Crippen LogP contribution in [0.3, 0.4) is 0 Å². The summed E-state index contributed by atoms with van der Waals surface area (Å²) in [5.74, 6) is -2.17. The van der Waals surface area contributed by atoms with Gasteiger partial charge in [-0.2, -0.15) is 9.78 Å². The Kier molecular flexibility index (Phi) is 9.00. The molecule has 10 heteroatoms. The van der Waals surface area contributed by atoms with Crippen molar-refractivity contribution in [2.75, 3.05) is 0 Å². The van der Waals surface area contributed by atoms with Gasteiger partial charge < -0.3 is 34.2 Å². The van der Waals surface area contributed by atoms with Crippen LogP contribution in [-0.2, 0) is 29.6 Å². The van der Waals surface area contributed by atoms with Crippen molar-refractivity contribution in [3.63, 3.8) is 0 Å². The molecule has 0 amide bonds. The van der Waals surface area contributed by atoms with Gasteiger partial charge in [-0.15, -0.1) is 0 Å². The van der Waals surface area contributed by atoms with Gasteiger partial charge in [-0.25, -0.2) is 0 Å². The van der Waals surface area contributed by atoms with Crippen molar-refractivity contribution in [2.24, 2.45) is 0 Å². The molecule has 0 bridgehead atoms. The minimum absolute atomic E-state index is 0.00978. The predicted molar refractivity (Wildman–Crippen MR) is 167 cm³/mol. The Morgan fingerprint density at radius 2 is 1.09 bits per heavy atom.